The number of fused-ring (bicyclic) bond motifs is 2. The molecule has 2 amide bonds. The zero-order valence-corrected chi connectivity index (χ0v) is 23.3. The minimum absolute atomic E-state index is 0.0476. The standard InChI is InChI=1S/C28H33F3N8O2/c1-17-14-38(25-12-22(28(29,30)31)20(11-24(25)36(17)4)18-13-33-35(3)15-18)26-21-16-37(27(40)32-2)8-5-23(21)39(34-26)19-6-9-41-10-7-19/h11-13,15,19H,1,5-10,14,16H2,2-4H3,(H,32,40). The molecule has 3 aliphatic heterocycles. The molecule has 2 aromatic heterocycles. The Morgan fingerprint density at radius 1 is 1.15 bits per heavy atom. The molecule has 0 spiro atoms. The highest BCUT2D eigenvalue weighted by Gasteiger charge is 2.39. The van der Waals surface area contributed by atoms with E-state index in [0.29, 0.717) is 61.2 Å². The Morgan fingerprint density at radius 3 is 2.56 bits per heavy atom. The van der Waals surface area contributed by atoms with E-state index in [1.807, 2.05) is 21.5 Å². The van der Waals surface area contributed by atoms with Gasteiger partial charge in [-0.1, -0.05) is 6.58 Å². The van der Waals surface area contributed by atoms with E-state index in [1.165, 1.54) is 16.9 Å². The molecule has 3 aromatic rings. The fraction of sp³-hybridized carbons (Fsp3) is 0.464. The molecule has 0 aliphatic carbocycles. The maximum atomic E-state index is 14.6. The Hall–Kier alpha value is -4.00. The molecule has 6 rings (SSSR count). The molecule has 1 saturated heterocycles. The van der Waals surface area contributed by atoms with Crippen LogP contribution >= 0.6 is 0 Å². The van der Waals surface area contributed by atoms with E-state index >= 15 is 0 Å². The number of benzene rings is 1. The zero-order valence-electron chi connectivity index (χ0n) is 23.3. The van der Waals surface area contributed by atoms with Crippen LogP contribution in [0.15, 0.2) is 36.8 Å². The average Bonchev–Trinajstić information content (AvgIpc) is 3.57. The number of carbonyl (C=O) groups is 1. The zero-order chi connectivity index (χ0) is 29.1. The van der Waals surface area contributed by atoms with Crippen molar-refractivity contribution in [2.24, 2.45) is 7.05 Å². The van der Waals surface area contributed by atoms with Crippen LogP contribution in [0.4, 0.5) is 35.2 Å². The van der Waals surface area contributed by atoms with E-state index in [0.717, 1.165) is 24.1 Å². The van der Waals surface area contributed by atoms with Crippen molar-refractivity contribution < 1.29 is 22.7 Å². The molecule has 1 aromatic carbocycles. The lowest BCUT2D eigenvalue weighted by Crippen LogP contribution is -2.42. The van der Waals surface area contributed by atoms with Gasteiger partial charge in [0.2, 0.25) is 0 Å². The molecule has 0 bridgehead atoms. The first-order valence-corrected chi connectivity index (χ1v) is 13.6. The summed E-state index contributed by atoms with van der Waals surface area (Å²) < 4.78 is 52.8. The van der Waals surface area contributed by atoms with Gasteiger partial charge < -0.3 is 24.8 Å². The number of halogens is 3. The average molecular weight is 571 g/mol. The minimum atomic E-state index is -4.60. The summed E-state index contributed by atoms with van der Waals surface area (Å²) in [6, 6.07) is 2.68. The molecule has 0 saturated carbocycles. The third-order valence-electron chi connectivity index (χ3n) is 8.26. The Kier molecular flexibility index (Phi) is 6.71. The second-order valence-corrected chi connectivity index (χ2v) is 10.8. The largest absolute Gasteiger partial charge is 0.417 e. The van der Waals surface area contributed by atoms with Gasteiger partial charge in [-0.25, -0.2) is 4.79 Å². The number of aryl methyl sites for hydroxylation is 1. The van der Waals surface area contributed by atoms with Crippen molar-refractivity contribution in [1.82, 2.24) is 29.8 Å². The van der Waals surface area contributed by atoms with Crippen LogP contribution in [0.5, 0.6) is 0 Å². The lowest BCUT2D eigenvalue weighted by atomic mass is 9.97. The number of nitrogens with zero attached hydrogens (tertiary/aromatic N) is 7. The highest BCUT2D eigenvalue weighted by Crippen LogP contribution is 2.48. The number of carbonyl (C=O) groups excluding carboxylic acids is 1. The number of rotatable bonds is 3. The van der Waals surface area contributed by atoms with Gasteiger partial charge in [-0.3, -0.25) is 9.36 Å². The topological polar surface area (TPSA) is 83.7 Å². The van der Waals surface area contributed by atoms with Crippen LogP contribution in [-0.2, 0) is 30.9 Å². The van der Waals surface area contributed by atoms with Crippen molar-refractivity contribution in [3.05, 3.63) is 53.6 Å². The van der Waals surface area contributed by atoms with E-state index in [4.69, 9.17) is 9.84 Å². The van der Waals surface area contributed by atoms with Gasteiger partial charge in [-0.2, -0.15) is 23.4 Å². The Labute approximate surface area is 235 Å². The van der Waals surface area contributed by atoms with Gasteiger partial charge in [0.25, 0.3) is 0 Å². The highest BCUT2D eigenvalue weighted by atomic mass is 19.4. The Bertz CT molecular complexity index is 1500. The van der Waals surface area contributed by atoms with E-state index in [2.05, 4.69) is 17.0 Å². The summed E-state index contributed by atoms with van der Waals surface area (Å²) in [6.07, 6.45) is 0.604. The molecule has 218 valence electrons. The first-order chi connectivity index (χ1) is 19.6. The van der Waals surface area contributed by atoms with Gasteiger partial charge in [0, 0.05) is 76.0 Å². The summed E-state index contributed by atoms with van der Waals surface area (Å²) in [6.45, 7) is 6.57. The van der Waals surface area contributed by atoms with Crippen LogP contribution in [0.1, 0.15) is 35.7 Å². The summed E-state index contributed by atoms with van der Waals surface area (Å²) in [5, 5.41) is 11.9. The molecule has 10 nitrogen and oxygen atoms in total. The second-order valence-electron chi connectivity index (χ2n) is 10.8. The number of hydrogen-bond acceptors (Lipinski definition) is 6. The van der Waals surface area contributed by atoms with E-state index in [-0.39, 0.29) is 24.2 Å². The number of aromatic nitrogens is 4. The van der Waals surface area contributed by atoms with Gasteiger partial charge in [-0.05, 0) is 30.5 Å². The number of amides is 2. The smallest absolute Gasteiger partial charge is 0.381 e. The molecule has 0 radical (unpaired) electrons. The highest BCUT2D eigenvalue weighted by molar-refractivity contribution is 5.88. The SMILES string of the molecule is C=C1CN(c2nn(C3CCOCC3)c3c2CN(C(=O)NC)CC3)c2cc(C(F)(F)F)c(-c3cnn(C)c3)cc2N1C. The monoisotopic (exact) mass is 570 g/mol. The van der Waals surface area contributed by atoms with Gasteiger partial charge in [0.1, 0.15) is 0 Å². The Balaban J connectivity index is 1.53. The van der Waals surface area contributed by atoms with Crippen molar-refractivity contribution >= 4 is 23.2 Å². The first kappa shape index (κ1) is 27.2. The predicted molar refractivity (Wildman–Crippen MR) is 148 cm³/mol. The number of urea groups is 1. The van der Waals surface area contributed by atoms with Crippen LogP contribution in [0.2, 0.25) is 0 Å². The summed E-state index contributed by atoms with van der Waals surface area (Å²) in [5.41, 5.74) is 3.22. The fourth-order valence-corrected chi connectivity index (χ4v) is 6.04. The van der Waals surface area contributed by atoms with Gasteiger partial charge in [0.15, 0.2) is 5.82 Å². The third kappa shape index (κ3) is 4.71. The molecular weight excluding hydrogens is 537 g/mol. The molecule has 3 aliphatic rings. The van der Waals surface area contributed by atoms with E-state index in [1.54, 1.807) is 31.3 Å². The Morgan fingerprint density at radius 2 is 1.90 bits per heavy atom. The maximum Gasteiger partial charge on any atom is 0.417 e. The summed E-state index contributed by atoms with van der Waals surface area (Å²) in [4.78, 5) is 18.0. The van der Waals surface area contributed by atoms with Crippen molar-refractivity contribution in [2.45, 2.75) is 38.0 Å². The summed E-state index contributed by atoms with van der Waals surface area (Å²) in [7, 11) is 5.07. The molecule has 0 atom stereocenters. The van der Waals surface area contributed by atoms with Gasteiger partial charge in [0.05, 0.1) is 42.3 Å². The molecule has 1 fully saturated rings. The normalized spacial score (nSPS) is 18.0. The summed E-state index contributed by atoms with van der Waals surface area (Å²) in [5.74, 6) is 0.554. The van der Waals surface area contributed by atoms with Crippen molar-refractivity contribution in [1.29, 1.82) is 0 Å². The molecule has 0 unspecified atom stereocenters. The van der Waals surface area contributed by atoms with Crippen molar-refractivity contribution in [3.8, 4) is 11.1 Å². The minimum Gasteiger partial charge on any atom is -0.381 e. The second kappa shape index (κ2) is 10.1. The van der Waals surface area contributed by atoms with Crippen LogP contribution in [0.25, 0.3) is 11.1 Å². The van der Waals surface area contributed by atoms with Crippen molar-refractivity contribution in [3.63, 3.8) is 0 Å². The van der Waals surface area contributed by atoms with Crippen LogP contribution < -0.4 is 15.1 Å². The van der Waals surface area contributed by atoms with Crippen LogP contribution in [0.3, 0.4) is 0 Å². The molecule has 5 heterocycles. The quantitative estimate of drug-likeness (QED) is 0.501. The number of likely N-dealkylation sites (N-methyl/N-ethyl adjacent to an activating group) is 1. The lowest BCUT2D eigenvalue weighted by Gasteiger charge is -2.39. The van der Waals surface area contributed by atoms with E-state index in [9.17, 15) is 18.0 Å². The number of hydrogen-bond donors (Lipinski definition) is 1. The third-order valence-corrected chi connectivity index (χ3v) is 8.26. The fourth-order valence-electron chi connectivity index (χ4n) is 6.04. The maximum absolute atomic E-state index is 14.6. The molecule has 1 N–H and O–H groups in total. The van der Waals surface area contributed by atoms with Gasteiger partial charge >= 0.3 is 12.2 Å². The number of anilines is 3. The van der Waals surface area contributed by atoms with Crippen LogP contribution in [-0.4, -0.2) is 70.9 Å². The molecule has 13 heteroatoms. The lowest BCUT2D eigenvalue weighted by molar-refractivity contribution is -0.137. The van der Waals surface area contributed by atoms with Gasteiger partial charge in [-0.15, -0.1) is 0 Å². The first-order valence-electron chi connectivity index (χ1n) is 13.6. The predicted octanol–water partition coefficient (Wildman–Crippen LogP) is 4.45. The van der Waals surface area contributed by atoms with E-state index < -0.39 is 11.7 Å². The number of alkyl halides is 3. The van der Waals surface area contributed by atoms with Crippen molar-refractivity contribution in [2.75, 3.05) is 50.2 Å². The number of ether oxygens (including phenoxy) is 1. The van der Waals surface area contributed by atoms with Crippen LogP contribution in [0, 0.1) is 0 Å². The number of nitrogens with one attached hydrogen (secondary N) is 1. The molecule has 41 heavy (non-hydrogen) atoms. The summed E-state index contributed by atoms with van der Waals surface area (Å²) >= 11 is 0. The molecular formula is C28H33F3N8O2.